The Morgan fingerprint density at radius 3 is 3.00 bits per heavy atom. The summed E-state index contributed by atoms with van der Waals surface area (Å²) < 4.78 is 17.7. The number of rotatable bonds is 1. The number of methoxy groups -OCH3 is 1. The molecule has 4 nitrogen and oxygen atoms in total. The Hall–Kier alpha value is -1.20. The van der Waals surface area contributed by atoms with Crippen molar-refractivity contribution in [3.8, 4) is 5.75 Å². The number of benzene rings is 1. The van der Waals surface area contributed by atoms with E-state index < -0.39 is 0 Å². The molecule has 0 radical (unpaired) electrons. The Morgan fingerprint density at radius 1 is 1.38 bits per heavy atom. The van der Waals surface area contributed by atoms with E-state index in [9.17, 15) is 4.79 Å². The predicted octanol–water partition coefficient (Wildman–Crippen LogP) is 3.84. The molecule has 5 heteroatoms. The van der Waals surface area contributed by atoms with Gasteiger partial charge in [0.15, 0.2) is 0 Å². The zero-order valence-electron chi connectivity index (χ0n) is 14.4. The number of hydrogen-bond acceptors (Lipinski definition) is 5. The standard InChI is InChI=1S/C19H24O4S/c1-19(2)14-9-12-10-24-7-6-15(12)22-17(14)13-8-11(18(20)21-3)4-5-16(13)23-19/h4-5,8,12,14-15,17H,6-7,9-10H2,1-3H3/t12-,14+,15+,17-/m1/s1. The lowest BCUT2D eigenvalue weighted by atomic mass is 9.71. The maximum Gasteiger partial charge on any atom is 0.337 e. The number of esters is 1. The molecule has 3 heterocycles. The second-order valence-electron chi connectivity index (χ2n) is 7.51. The highest BCUT2D eigenvalue weighted by Gasteiger charge is 2.50. The van der Waals surface area contributed by atoms with Gasteiger partial charge in [-0.05, 0) is 62.3 Å². The van der Waals surface area contributed by atoms with Gasteiger partial charge in [-0.3, -0.25) is 0 Å². The molecule has 0 spiro atoms. The van der Waals surface area contributed by atoms with Gasteiger partial charge in [0.2, 0.25) is 0 Å². The van der Waals surface area contributed by atoms with Crippen molar-refractivity contribution in [2.24, 2.45) is 11.8 Å². The summed E-state index contributed by atoms with van der Waals surface area (Å²) >= 11 is 2.03. The quantitative estimate of drug-likeness (QED) is 0.722. The van der Waals surface area contributed by atoms with Crippen LogP contribution in [0.3, 0.4) is 0 Å². The number of carbonyl (C=O) groups excluding carboxylic acids is 1. The van der Waals surface area contributed by atoms with Gasteiger partial charge in [0.25, 0.3) is 0 Å². The van der Waals surface area contributed by atoms with Gasteiger partial charge in [0.05, 0.1) is 24.9 Å². The van der Waals surface area contributed by atoms with Gasteiger partial charge in [-0.25, -0.2) is 4.79 Å². The van der Waals surface area contributed by atoms with Gasteiger partial charge >= 0.3 is 5.97 Å². The number of carbonyl (C=O) groups is 1. The third-order valence-corrected chi connectivity index (χ3v) is 6.84. The summed E-state index contributed by atoms with van der Waals surface area (Å²) in [5.74, 6) is 3.78. The van der Waals surface area contributed by atoms with Crippen LogP contribution in [0.5, 0.6) is 5.75 Å². The van der Waals surface area contributed by atoms with Crippen LogP contribution >= 0.6 is 11.8 Å². The number of ether oxygens (including phenoxy) is 3. The second-order valence-corrected chi connectivity index (χ2v) is 8.66. The van der Waals surface area contributed by atoms with Crippen molar-refractivity contribution in [1.82, 2.24) is 0 Å². The van der Waals surface area contributed by atoms with E-state index in [-0.39, 0.29) is 17.7 Å². The highest BCUT2D eigenvalue weighted by atomic mass is 32.2. The molecule has 0 amide bonds. The van der Waals surface area contributed by atoms with Crippen molar-refractivity contribution in [3.63, 3.8) is 0 Å². The Labute approximate surface area is 147 Å². The van der Waals surface area contributed by atoms with Crippen LogP contribution in [0.2, 0.25) is 0 Å². The summed E-state index contributed by atoms with van der Waals surface area (Å²) in [5.41, 5.74) is 1.29. The largest absolute Gasteiger partial charge is 0.487 e. The van der Waals surface area contributed by atoms with E-state index in [1.807, 2.05) is 23.9 Å². The Morgan fingerprint density at radius 2 is 2.21 bits per heavy atom. The lowest BCUT2D eigenvalue weighted by Gasteiger charge is -2.52. The van der Waals surface area contributed by atoms with E-state index in [1.54, 1.807) is 6.07 Å². The van der Waals surface area contributed by atoms with E-state index >= 15 is 0 Å². The van der Waals surface area contributed by atoms with E-state index in [1.165, 1.54) is 18.6 Å². The Kier molecular flexibility index (Phi) is 4.04. The van der Waals surface area contributed by atoms with Gasteiger partial charge < -0.3 is 14.2 Å². The van der Waals surface area contributed by atoms with Crippen molar-refractivity contribution in [2.45, 2.75) is 44.5 Å². The molecule has 0 aliphatic carbocycles. The zero-order chi connectivity index (χ0) is 16.9. The highest BCUT2D eigenvalue weighted by Crippen LogP contribution is 2.53. The first-order valence-electron chi connectivity index (χ1n) is 8.64. The summed E-state index contributed by atoms with van der Waals surface area (Å²) in [6.45, 7) is 4.31. The summed E-state index contributed by atoms with van der Waals surface area (Å²) in [4.78, 5) is 11.9. The molecule has 24 heavy (non-hydrogen) atoms. The first-order valence-corrected chi connectivity index (χ1v) is 9.79. The fourth-order valence-corrected chi connectivity index (χ4v) is 5.53. The van der Waals surface area contributed by atoms with Crippen LogP contribution < -0.4 is 4.74 Å². The molecule has 130 valence electrons. The van der Waals surface area contributed by atoms with Crippen molar-refractivity contribution in [3.05, 3.63) is 29.3 Å². The predicted molar refractivity (Wildman–Crippen MR) is 93.6 cm³/mol. The van der Waals surface area contributed by atoms with E-state index in [4.69, 9.17) is 14.2 Å². The summed E-state index contributed by atoms with van der Waals surface area (Å²) in [6, 6.07) is 5.54. The number of fused-ring (bicyclic) bond motifs is 4. The molecule has 3 aliphatic heterocycles. The van der Waals surface area contributed by atoms with Crippen LogP contribution in [0, 0.1) is 11.8 Å². The topological polar surface area (TPSA) is 44.8 Å². The molecule has 0 unspecified atom stereocenters. The maximum absolute atomic E-state index is 11.9. The average molecular weight is 348 g/mol. The highest BCUT2D eigenvalue weighted by molar-refractivity contribution is 7.99. The molecule has 0 N–H and O–H groups in total. The van der Waals surface area contributed by atoms with Crippen LogP contribution in [-0.4, -0.2) is 36.3 Å². The van der Waals surface area contributed by atoms with Crippen molar-refractivity contribution >= 4 is 17.7 Å². The van der Waals surface area contributed by atoms with Gasteiger partial charge in [-0.2, -0.15) is 11.8 Å². The number of hydrogen-bond donors (Lipinski definition) is 0. The van der Waals surface area contributed by atoms with E-state index in [0.29, 0.717) is 23.5 Å². The maximum atomic E-state index is 11.9. The SMILES string of the molecule is COC(=O)c1ccc2c(c1)[C@H]1O[C@H]3CCSC[C@H]3C[C@@H]1C(C)(C)O2. The first kappa shape index (κ1) is 16.3. The second kappa shape index (κ2) is 5.95. The minimum Gasteiger partial charge on any atom is -0.487 e. The molecule has 4 rings (SSSR count). The average Bonchev–Trinajstić information content (AvgIpc) is 2.59. The smallest absolute Gasteiger partial charge is 0.337 e. The molecule has 2 saturated heterocycles. The monoisotopic (exact) mass is 348 g/mol. The Balaban J connectivity index is 1.73. The zero-order valence-corrected chi connectivity index (χ0v) is 15.2. The third kappa shape index (κ3) is 2.62. The van der Waals surface area contributed by atoms with Gasteiger partial charge in [0.1, 0.15) is 11.4 Å². The van der Waals surface area contributed by atoms with E-state index in [0.717, 1.165) is 24.2 Å². The Bertz CT molecular complexity index is 657. The van der Waals surface area contributed by atoms with Crippen LogP contribution in [0.1, 0.15) is 48.7 Å². The molecular weight excluding hydrogens is 324 g/mol. The molecule has 0 saturated carbocycles. The minimum atomic E-state index is -0.318. The van der Waals surface area contributed by atoms with Gasteiger partial charge in [-0.15, -0.1) is 0 Å². The molecular formula is C19H24O4S. The summed E-state index contributed by atoms with van der Waals surface area (Å²) in [5, 5.41) is 0. The molecule has 1 aromatic carbocycles. The fraction of sp³-hybridized carbons (Fsp3) is 0.632. The van der Waals surface area contributed by atoms with Crippen LogP contribution in [-0.2, 0) is 9.47 Å². The van der Waals surface area contributed by atoms with Gasteiger partial charge in [-0.1, -0.05) is 0 Å². The lowest BCUT2D eigenvalue weighted by Crippen LogP contribution is -2.52. The van der Waals surface area contributed by atoms with Crippen LogP contribution in [0.15, 0.2) is 18.2 Å². The summed E-state index contributed by atoms with van der Waals surface area (Å²) in [7, 11) is 1.41. The molecule has 3 aliphatic rings. The summed E-state index contributed by atoms with van der Waals surface area (Å²) in [6.07, 6.45) is 2.57. The van der Waals surface area contributed by atoms with Crippen molar-refractivity contribution < 1.29 is 19.0 Å². The molecule has 0 bridgehead atoms. The van der Waals surface area contributed by atoms with Crippen LogP contribution in [0.4, 0.5) is 0 Å². The minimum absolute atomic E-state index is 0.00212. The molecule has 1 aromatic rings. The normalized spacial score (nSPS) is 33.5. The van der Waals surface area contributed by atoms with Crippen molar-refractivity contribution in [1.29, 1.82) is 0 Å². The lowest BCUT2D eigenvalue weighted by molar-refractivity contribution is -0.170. The van der Waals surface area contributed by atoms with Gasteiger partial charge in [0, 0.05) is 11.5 Å². The van der Waals surface area contributed by atoms with Crippen LogP contribution in [0.25, 0.3) is 0 Å². The third-order valence-electron chi connectivity index (χ3n) is 5.65. The number of thioether (sulfide) groups is 1. The van der Waals surface area contributed by atoms with Crippen molar-refractivity contribution in [2.75, 3.05) is 18.6 Å². The molecule has 0 aromatic heterocycles. The fourth-order valence-electron chi connectivity index (χ4n) is 4.32. The molecule has 4 atom stereocenters. The van der Waals surface area contributed by atoms with E-state index in [2.05, 4.69) is 13.8 Å². The molecule has 2 fully saturated rings. The first-order chi connectivity index (χ1) is 11.5.